The van der Waals surface area contributed by atoms with Crippen molar-refractivity contribution in [1.82, 2.24) is 4.90 Å². The van der Waals surface area contributed by atoms with Gasteiger partial charge in [-0.25, -0.2) is 0 Å². The minimum absolute atomic E-state index is 0.384. The van der Waals surface area contributed by atoms with Crippen molar-refractivity contribution in [2.45, 2.75) is 31.5 Å². The Balaban J connectivity index is 1.95. The molecule has 2 rings (SSSR count). The molecular formula is C12H19BrN2OS. The van der Waals surface area contributed by atoms with Gasteiger partial charge >= 0.3 is 0 Å². The summed E-state index contributed by atoms with van der Waals surface area (Å²) >= 11 is 5.31. The van der Waals surface area contributed by atoms with Gasteiger partial charge < -0.3 is 10.5 Å². The fraction of sp³-hybridized carbons (Fsp3) is 0.667. The van der Waals surface area contributed by atoms with Crippen molar-refractivity contribution in [3.05, 3.63) is 20.8 Å². The maximum absolute atomic E-state index is 5.87. The van der Waals surface area contributed by atoms with Crippen LogP contribution in [0.2, 0.25) is 0 Å². The number of likely N-dealkylation sites (tertiary alicyclic amines) is 1. The van der Waals surface area contributed by atoms with Crippen LogP contribution >= 0.6 is 27.3 Å². The van der Waals surface area contributed by atoms with E-state index in [0.717, 1.165) is 25.9 Å². The molecule has 0 amide bonds. The average molecular weight is 319 g/mol. The van der Waals surface area contributed by atoms with E-state index in [9.17, 15) is 0 Å². The van der Waals surface area contributed by atoms with E-state index < -0.39 is 0 Å². The van der Waals surface area contributed by atoms with Gasteiger partial charge in [-0.3, -0.25) is 4.90 Å². The topological polar surface area (TPSA) is 38.5 Å². The fourth-order valence-electron chi connectivity index (χ4n) is 2.37. The second-order valence-corrected chi connectivity index (χ2v) is 7.00. The molecule has 96 valence electrons. The van der Waals surface area contributed by atoms with Crippen LogP contribution < -0.4 is 5.73 Å². The quantitative estimate of drug-likeness (QED) is 0.926. The van der Waals surface area contributed by atoms with Crippen LogP contribution in [0.1, 0.15) is 17.7 Å². The molecule has 0 aliphatic carbocycles. The lowest BCUT2D eigenvalue weighted by Gasteiger charge is -2.38. The van der Waals surface area contributed by atoms with Crippen LogP contribution in [0.3, 0.4) is 0 Å². The zero-order valence-corrected chi connectivity index (χ0v) is 12.5. The molecule has 5 heteroatoms. The molecule has 0 spiro atoms. The summed E-state index contributed by atoms with van der Waals surface area (Å²) in [5, 5.41) is 0. The predicted octanol–water partition coefficient (Wildman–Crippen LogP) is 2.45. The Hall–Kier alpha value is 0.0600. The highest BCUT2D eigenvalue weighted by Crippen LogP contribution is 2.26. The van der Waals surface area contributed by atoms with E-state index in [-0.39, 0.29) is 0 Å². The number of halogens is 1. The lowest BCUT2D eigenvalue weighted by Crippen LogP contribution is -2.47. The molecule has 1 fully saturated rings. The number of rotatable bonds is 4. The lowest BCUT2D eigenvalue weighted by molar-refractivity contribution is 0.0106. The van der Waals surface area contributed by atoms with Gasteiger partial charge in [0, 0.05) is 37.7 Å². The van der Waals surface area contributed by atoms with Crippen molar-refractivity contribution in [3.8, 4) is 0 Å². The second-order valence-electron chi connectivity index (χ2n) is 4.45. The predicted molar refractivity (Wildman–Crippen MR) is 75.3 cm³/mol. The molecule has 2 unspecified atom stereocenters. The Labute approximate surface area is 115 Å². The van der Waals surface area contributed by atoms with Gasteiger partial charge in [-0.1, -0.05) is 0 Å². The molecule has 17 heavy (non-hydrogen) atoms. The maximum Gasteiger partial charge on any atom is 0.0701 e. The zero-order chi connectivity index (χ0) is 12.3. The molecule has 1 saturated heterocycles. The summed E-state index contributed by atoms with van der Waals surface area (Å²) in [5.74, 6) is 0. The summed E-state index contributed by atoms with van der Waals surface area (Å²) in [6.07, 6.45) is 2.55. The molecule has 2 atom stereocenters. The van der Waals surface area contributed by atoms with Crippen LogP contribution in [0.5, 0.6) is 0 Å². The van der Waals surface area contributed by atoms with Gasteiger partial charge in [0.2, 0.25) is 0 Å². The van der Waals surface area contributed by atoms with E-state index in [2.05, 4.69) is 33.0 Å². The highest BCUT2D eigenvalue weighted by atomic mass is 79.9. The monoisotopic (exact) mass is 318 g/mol. The van der Waals surface area contributed by atoms with Crippen molar-refractivity contribution in [1.29, 1.82) is 0 Å². The van der Waals surface area contributed by atoms with Crippen LogP contribution in [0.15, 0.2) is 15.9 Å². The Morgan fingerprint density at radius 3 is 3.00 bits per heavy atom. The first-order valence-corrected chi connectivity index (χ1v) is 7.55. The standard InChI is InChI=1S/C12H19BrN2OS/c1-16-10-4-5-15(9(6-10)7-14)8-11-2-3-12(13)17-11/h2-3,9-10H,4-8,14H2,1H3. The van der Waals surface area contributed by atoms with Crippen LogP contribution in [-0.4, -0.2) is 37.2 Å². The van der Waals surface area contributed by atoms with Crippen LogP contribution in [0.4, 0.5) is 0 Å². The van der Waals surface area contributed by atoms with Crippen LogP contribution in [0, 0.1) is 0 Å². The fourth-order valence-corrected chi connectivity index (χ4v) is 3.88. The van der Waals surface area contributed by atoms with Crippen LogP contribution in [0.25, 0.3) is 0 Å². The minimum atomic E-state index is 0.384. The number of piperidine rings is 1. The molecule has 0 aromatic carbocycles. The Morgan fingerprint density at radius 1 is 1.59 bits per heavy atom. The summed E-state index contributed by atoms with van der Waals surface area (Å²) in [5.41, 5.74) is 5.87. The molecule has 1 aromatic heterocycles. The molecule has 1 aliphatic heterocycles. The number of hydrogen-bond acceptors (Lipinski definition) is 4. The molecule has 2 N–H and O–H groups in total. The average Bonchev–Trinajstić information content (AvgIpc) is 2.75. The highest BCUT2D eigenvalue weighted by molar-refractivity contribution is 9.11. The van der Waals surface area contributed by atoms with Gasteiger partial charge in [0.25, 0.3) is 0 Å². The van der Waals surface area contributed by atoms with E-state index in [1.54, 1.807) is 18.4 Å². The lowest BCUT2D eigenvalue weighted by atomic mass is 9.99. The van der Waals surface area contributed by atoms with Crippen molar-refractivity contribution in [2.75, 3.05) is 20.2 Å². The Morgan fingerprint density at radius 2 is 2.41 bits per heavy atom. The first kappa shape index (κ1) is 13.5. The van der Waals surface area contributed by atoms with Crippen molar-refractivity contribution < 1.29 is 4.74 Å². The smallest absolute Gasteiger partial charge is 0.0701 e. The number of thiophene rings is 1. The largest absolute Gasteiger partial charge is 0.381 e. The van der Waals surface area contributed by atoms with E-state index in [1.165, 1.54) is 8.66 Å². The Kier molecular flexibility index (Phi) is 4.99. The summed E-state index contributed by atoms with van der Waals surface area (Å²) in [6, 6.07) is 4.75. The number of ether oxygens (including phenoxy) is 1. The number of hydrogen-bond donors (Lipinski definition) is 1. The van der Waals surface area contributed by atoms with Gasteiger partial charge in [-0.15, -0.1) is 11.3 Å². The second kappa shape index (κ2) is 6.29. The number of nitrogens with two attached hydrogens (primary N) is 1. The molecular weight excluding hydrogens is 300 g/mol. The highest BCUT2D eigenvalue weighted by Gasteiger charge is 2.27. The van der Waals surface area contributed by atoms with Gasteiger partial charge in [-0.2, -0.15) is 0 Å². The first-order valence-electron chi connectivity index (χ1n) is 5.94. The number of nitrogens with zero attached hydrogens (tertiary/aromatic N) is 1. The normalized spacial score (nSPS) is 26.3. The molecule has 1 aliphatic rings. The molecule has 3 nitrogen and oxygen atoms in total. The van der Waals surface area contributed by atoms with Gasteiger partial charge in [-0.05, 0) is 40.9 Å². The van der Waals surface area contributed by atoms with Crippen molar-refractivity contribution in [2.24, 2.45) is 5.73 Å². The third-order valence-corrected chi connectivity index (χ3v) is 4.99. The van der Waals surface area contributed by atoms with Crippen molar-refractivity contribution >= 4 is 27.3 Å². The Bertz CT molecular complexity index is 358. The summed E-state index contributed by atoms with van der Waals surface area (Å²) in [7, 11) is 1.80. The van der Waals surface area contributed by atoms with E-state index in [0.29, 0.717) is 18.7 Å². The third-order valence-electron chi connectivity index (χ3n) is 3.38. The van der Waals surface area contributed by atoms with Gasteiger partial charge in [0.15, 0.2) is 0 Å². The van der Waals surface area contributed by atoms with E-state index in [1.807, 2.05) is 0 Å². The number of methoxy groups -OCH3 is 1. The van der Waals surface area contributed by atoms with E-state index >= 15 is 0 Å². The summed E-state index contributed by atoms with van der Waals surface area (Å²) in [6.45, 7) is 2.80. The first-order chi connectivity index (χ1) is 8.22. The van der Waals surface area contributed by atoms with Gasteiger partial charge in [0.05, 0.1) is 9.89 Å². The minimum Gasteiger partial charge on any atom is -0.381 e. The molecule has 2 heterocycles. The SMILES string of the molecule is COC1CCN(Cc2ccc(Br)s2)C(CN)C1. The van der Waals surface area contributed by atoms with E-state index in [4.69, 9.17) is 10.5 Å². The molecule has 0 bridgehead atoms. The molecule has 1 aromatic rings. The van der Waals surface area contributed by atoms with Crippen LogP contribution in [-0.2, 0) is 11.3 Å². The zero-order valence-electron chi connectivity index (χ0n) is 10.1. The molecule has 0 radical (unpaired) electrons. The summed E-state index contributed by atoms with van der Waals surface area (Å²) in [4.78, 5) is 3.87. The maximum atomic E-state index is 5.87. The third kappa shape index (κ3) is 3.51. The molecule has 0 saturated carbocycles. The van der Waals surface area contributed by atoms with Crippen molar-refractivity contribution in [3.63, 3.8) is 0 Å². The summed E-state index contributed by atoms with van der Waals surface area (Å²) < 4.78 is 6.64. The van der Waals surface area contributed by atoms with Gasteiger partial charge in [0.1, 0.15) is 0 Å².